The van der Waals surface area contributed by atoms with Crippen LogP contribution in [0.4, 0.5) is 0 Å². The van der Waals surface area contributed by atoms with E-state index in [1.54, 1.807) is 6.26 Å². The van der Waals surface area contributed by atoms with Crippen molar-refractivity contribution in [1.82, 2.24) is 0 Å². The van der Waals surface area contributed by atoms with Crippen molar-refractivity contribution in [2.75, 3.05) is 0 Å². The molecule has 0 atom stereocenters. The molecule has 0 aliphatic carbocycles. The number of rotatable bonds is 3. The van der Waals surface area contributed by atoms with Gasteiger partial charge in [-0.05, 0) is 36.5 Å². The second-order valence-electron chi connectivity index (χ2n) is 4.23. The van der Waals surface area contributed by atoms with Crippen molar-refractivity contribution in [2.24, 2.45) is 5.92 Å². The van der Waals surface area contributed by atoms with E-state index in [1.165, 1.54) is 17.4 Å². The summed E-state index contributed by atoms with van der Waals surface area (Å²) in [5, 5.41) is 1.19. The molecule has 0 bridgehead atoms. The van der Waals surface area contributed by atoms with Crippen LogP contribution in [0.5, 0.6) is 0 Å². The summed E-state index contributed by atoms with van der Waals surface area (Å²) in [6, 6.07) is 8.48. The van der Waals surface area contributed by atoms with Gasteiger partial charge in [0.05, 0.1) is 6.26 Å². The number of furan rings is 1. The number of benzene rings is 1. The molecule has 1 nitrogen and oxygen atoms in total. The van der Waals surface area contributed by atoms with Gasteiger partial charge < -0.3 is 4.42 Å². The van der Waals surface area contributed by atoms with E-state index < -0.39 is 0 Å². The Hall–Kier alpha value is -1.24. The molecule has 1 heteroatoms. The summed E-state index contributed by atoms with van der Waals surface area (Å²) >= 11 is 0. The maximum atomic E-state index is 5.37. The summed E-state index contributed by atoms with van der Waals surface area (Å²) in [4.78, 5) is 0. The van der Waals surface area contributed by atoms with E-state index in [4.69, 9.17) is 4.42 Å². The molecule has 2 rings (SSSR count). The minimum absolute atomic E-state index is 0.766. The van der Waals surface area contributed by atoms with Crippen molar-refractivity contribution < 1.29 is 4.42 Å². The number of hydrogen-bond donors (Lipinski definition) is 0. The summed E-state index contributed by atoms with van der Waals surface area (Å²) in [7, 11) is 0. The summed E-state index contributed by atoms with van der Waals surface area (Å²) in [6.07, 6.45) is 4.14. The zero-order chi connectivity index (χ0) is 9.97. The molecule has 1 aromatic carbocycles. The minimum atomic E-state index is 0.766. The molecule has 1 aromatic heterocycles. The van der Waals surface area contributed by atoms with Gasteiger partial charge in [0, 0.05) is 5.39 Å². The van der Waals surface area contributed by atoms with Crippen molar-refractivity contribution in [3.05, 3.63) is 36.1 Å². The smallest absolute Gasteiger partial charge is 0.134 e. The molecule has 0 spiro atoms. The van der Waals surface area contributed by atoms with Gasteiger partial charge in [-0.25, -0.2) is 0 Å². The molecule has 0 amide bonds. The molecule has 0 saturated heterocycles. The highest BCUT2D eigenvalue weighted by atomic mass is 16.3. The highest BCUT2D eigenvalue weighted by Crippen LogP contribution is 2.18. The quantitative estimate of drug-likeness (QED) is 0.709. The fraction of sp³-hybridized carbons (Fsp3) is 0.385. The highest BCUT2D eigenvalue weighted by molar-refractivity contribution is 5.77. The zero-order valence-electron chi connectivity index (χ0n) is 8.79. The molecule has 0 saturated carbocycles. The van der Waals surface area contributed by atoms with Gasteiger partial charge in [0.2, 0.25) is 0 Å². The monoisotopic (exact) mass is 188 g/mol. The first kappa shape index (κ1) is 9.32. The van der Waals surface area contributed by atoms with E-state index in [9.17, 15) is 0 Å². The maximum Gasteiger partial charge on any atom is 0.134 e. The number of hydrogen-bond acceptors (Lipinski definition) is 1. The van der Waals surface area contributed by atoms with Crippen LogP contribution < -0.4 is 0 Å². The Morgan fingerprint density at radius 1 is 1.21 bits per heavy atom. The molecular formula is C13H16O. The molecule has 74 valence electrons. The van der Waals surface area contributed by atoms with E-state index >= 15 is 0 Å². The van der Waals surface area contributed by atoms with Gasteiger partial charge in [-0.3, -0.25) is 0 Å². The summed E-state index contributed by atoms with van der Waals surface area (Å²) in [5.74, 6) is 0.766. The zero-order valence-corrected chi connectivity index (χ0v) is 8.79. The Kier molecular flexibility index (Phi) is 2.58. The number of fused-ring (bicyclic) bond motifs is 1. The van der Waals surface area contributed by atoms with Gasteiger partial charge in [-0.2, -0.15) is 0 Å². The van der Waals surface area contributed by atoms with Crippen LogP contribution in [0.3, 0.4) is 0 Å². The second kappa shape index (κ2) is 3.87. The van der Waals surface area contributed by atoms with Gasteiger partial charge in [-0.15, -0.1) is 0 Å². The first-order valence-corrected chi connectivity index (χ1v) is 5.22. The third-order valence-corrected chi connectivity index (χ3v) is 2.53. The Balaban J connectivity index is 2.17. The van der Waals surface area contributed by atoms with Gasteiger partial charge >= 0.3 is 0 Å². The van der Waals surface area contributed by atoms with Gasteiger partial charge in [0.15, 0.2) is 0 Å². The molecule has 0 fully saturated rings. The first-order valence-electron chi connectivity index (χ1n) is 5.22. The van der Waals surface area contributed by atoms with Crippen LogP contribution in [-0.4, -0.2) is 0 Å². The molecule has 2 aromatic rings. The van der Waals surface area contributed by atoms with Crippen LogP contribution >= 0.6 is 0 Å². The van der Waals surface area contributed by atoms with E-state index in [0.717, 1.165) is 17.9 Å². The van der Waals surface area contributed by atoms with Crippen molar-refractivity contribution in [2.45, 2.75) is 26.7 Å². The van der Waals surface area contributed by atoms with Crippen molar-refractivity contribution >= 4 is 11.0 Å². The lowest BCUT2D eigenvalue weighted by Gasteiger charge is -2.04. The third-order valence-electron chi connectivity index (χ3n) is 2.53. The second-order valence-corrected chi connectivity index (χ2v) is 4.23. The highest BCUT2D eigenvalue weighted by Gasteiger charge is 2.00. The van der Waals surface area contributed by atoms with E-state index in [2.05, 4.69) is 32.0 Å². The largest absolute Gasteiger partial charge is 0.464 e. The SMILES string of the molecule is CC(C)CCc1ccc2ccoc2c1. The van der Waals surface area contributed by atoms with Crippen molar-refractivity contribution in [1.29, 1.82) is 0 Å². The van der Waals surface area contributed by atoms with Crippen LogP contribution in [-0.2, 0) is 6.42 Å². The summed E-state index contributed by atoms with van der Waals surface area (Å²) < 4.78 is 5.37. The predicted molar refractivity (Wildman–Crippen MR) is 59.4 cm³/mol. The molecular weight excluding hydrogens is 172 g/mol. The first-order chi connectivity index (χ1) is 6.75. The van der Waals surface area contributed by atoms with Gasteiger partial charge in [0.25, 0.3) is 0 Å². The van der Waals surface area contributed by atoms with Crippen LogP contribution in [0, 0.1) is 5.92 Å². The lowest BCUT2D eigenvalue weighted by Crippen LogP contribution is -1.91. The van der Waals surface area contributed by atoms with Crippen molar-refractivity contribution in [3.63, 3.8) is 0 Å². The number of aryl methyl sites for hydroxylation is 1. The van der Waals surface area contributed by atoms with E-state index in [0.29, 0.717) is 0 Å². The van der Waals surface area contributed by atoms with Crippen LogP contribution in [0.2, 0.25) is 0 Å². The van der Waals surface area contributed by atoms with Crippen LogP contribution in [0.25, 0.3) is 11.0 Å². The Morgan fingerprint density at radius 2 is 2.07 bits per heavy atom. The topological polar surface area (TPSA) is 13.1 Å². The minimum Gasteiger partial charge on any atom is -0.464 e. The average Bonchev–Trinajstić information content (AvgIpc) is 2.61. The molecule has 0 radical (unpaired) electrons. The fourth-order valence-corrected chi connectivity index (χ4v) is 1.61. The van der Waals surface area contributed by atoms with Crippen LogP contribution in [0.1, 0.15) is 25.8 Å². The molecule has 1 heterocycles. The standard InChI is InChI=1S/C13H16O/c1-10(2)3-4-11-5-6-12-7-8-14-13(12)9-11/h5-10H,3-4H2,1-2H3. The van der Waals surface area contributed by atoms with Crippen LogP contribution in [0.15, 0.2) is 34.9 Å². The Morgan fingerprint density at radius 3 is 2.86 bits per heavy atom. The molecule has 0 unspecified atom stereocenters. The predicted octanol–water partition coefficient (Wildman–Crippen LogP) is 4.02. The van der Waals surface area contributed by atoms with E-state index in [1.807, 2.05) is 6.07 Å². The fourth-order valence-electron chi connectivity index (χ4n) is 1.61. The third kappa shape index (κ3) is 1.98. The normalized spacial score (nSPS) is 11.4. The van der Waals surface area contributed by atoms with Crippen molar-refractivity contribution in [3.8, 4) is 0 Å². The average molecular weight is 188 g/mol. The molecule has 14 heavy (non-hydrogen) atoms. The molecule has 0 aliphatic heterocycles. The lowest BCUT2D eigenvalue weighted by molar-refractivity contribution is 0.585. The molecule has 0 N–H and O–H groups in total. The Bertz CT molecular complexity index is 412. The van der Waals surface area contributed by atoms with Gasteiger partial charge in [-0.1, -0.05) is 26.0 Å². The van der Waals surface area contributed by atoms with Gasteiger partial charge in [0.1, 0.15) is 5.58 Å². The Labute approximate surface area is 84.7 Å². The lowest BCUT2D eigenvalue weighted by atomic mass is 10.0. The molecule has 0 aliphatic rings. The maximum absolute atomic E-state index is 5.37. The van der Waals surface area contributed by atoms with E-state index in [-0.39, 0.29) is 0 Å². The summed E-state index contributed by atoms with van der Waals surface area (Å²) in [5.41, 5.74) is 2.38. The summed E-state index contributed by atoms with van der Waals surface area (Å²) in [6.45, 7) is 4.51.